The van der Waals surface area contributed by atoms with Crippen LogP contribution in [0, 0.1) is 34.5 Å². The zero-order valence-corrected chi connectivity index (χ0v) is 13.1. The van der Waals surface area contributed by atoms with Crippen molar-refractivity contribution in [1.29, 1.82) is 5.26 Å². The molecule has 0 unspecified atom stereocenters. The molecule has 0 atom stereocenters. The maximum Gasteiger partial charge on any atom is 0.0655 e. The van der Waals surface area contributed by atoms with Crippen molar-refractivity contribution >= 4 is 0 Å². The molecule has 112 valence electrons. The lowest BCUT2D eigenvalue weighted by Crippen LogP contribution is -2.42. The van der Waals surface area contributed by atoms with Gasteiger partial charge in [0.2, 0.25) is 0 Å². The van der Waals surface area contributed by atoms with Crippen LogP contribution >= 0.6 is 0 Å². The summed E-state index contributed by atoms with van der Waals surface area (Å²) in [6.07, 6.45) is 20.0. The first-order valence-electron chi connectivity index (χ1n) is 9.25. The molecule has 1 nitrogen and oxygen atoms in total. The molecule has 0 aliphatic heterocycles. The van der Waals surface area contributed by atoms with E-state index in [0.29, 0.717) is 11.3 Å². The smallest absolute Gasteiger partial charge is 0.0655 e. The zero-order valence-electron chi connectivity index (χ0n) is 13.1. The van der Waals surface area contributed by atoms with Gasteiger partial charge in [0.05, 0.1) is 6.07 Å². The van der Waals surface area contributed by atoms with Crippen LogP contribution in [-0.4, -0.2) is 0 Å². The first-order valence-corrected chi connectivity index (χ1v) is 9.25. The highest BCUT2D eigenvalue weighted by molar-refractivity contribution is 4.98. The Morgan fingerprint density at radius 2 is 1.20 bits per heavy atom. The van der Waals surface area contributed by atoms with Gasteiger partial charge in [-0.3, -0.25) is 0 Å². The van der Waals surface area contributed by atoms with Gasteiger partial charge in [-0.15, -0.1) is 0 Å². The Kier molecular flexibility index (Phi) is 4.69. The quantitative estimate of drug-likeness (QED) is 0.619. The Morgan fingerprint density at radius 1 is 0.650 bits per heavy atom. The lowest BCUT2D eigenvalue weighted by molar-refractivity contribution is -0.0160. The Bertz CT molecular complexity index is 333. The van der Waals surface area contributed by atoms with Crippen molar-refractivity contribution in [3.63, 3.8) is 0 Å². The monoisotopic (exact) mass is 273 g/mol. The van der Waals surface area contributed by atoms with Crippen LogP contribution in [0.15, 0.2) is 0 Å². The van der Waals surface area contributed by atoms with Gasteiger partial charge < -0.3 is 0 Å². The SMILES string of the molecule is N#C[C@H]1CC[C@H](C2(C3CCCCC3)CCCCC2)CC1. The summed E-state index contributed by atoms with van der Waals surface area (Å²) >= 11 is 0. The maximum atomic E-state index is 9.15. The van der Waals surface area contributed by atoms with Gasteiger partial charge in [0, 0.05) is 5.92 Å². The minimum absolute atomic E-state index is 0.373. The Morgan fingerprint density at radius 3 is 1.80 bits per heavy atom. The average molecular weight is 273 g/mol. The van der Waals surface area contributed by atoms with Gasteiger partial charge >= 0.3 is 0 Å². The molecule has 0 aromatic heterocycles. The number of rotatable bonds is 2. The van der Waals surface area contributed by atoms with E-state index in [9.17, 15) is 0 Å². The van der Waals surface area contributed by atoms with Crippen molar-refractivity contribution in [3.8, 4) is 6.07 Å². The lowest BCUT2D eigenvalue weighted by atomic mass is 9.53. The summed E-state index contributed by atoms with van der Waals surface area (Å²) in [5, 5.41) is 9.15. The summed E-state index contributed by atoms with van der Waals surface area (Å²) in [6.45, 7) is 0. The normalized spacial score (nSPS) is 35.4. The molecule has 3 rings (SSSR count). The van der Waals surface area contributed by atoms with Gasteiger partial charge in [0.25, 0.3) is 0 Å². The molecule has 3 aliphatic carbocycles. The van der Waals surface area contributed by atoms with Crippen molar-refractivity contribution in [2.45, 2.75) is 89.9 Å². The van der Waals surface area contributed by atoms with Crippen LogP contribution in [0.5, 0.6) is 0 Å². The fraction of sp³-hybridized carbons (Fsp3) is 0.947. The van der Waals surface area contributed by atoms with E-state index in [1.807, 2.05) is 0 Å². The molecule has 0 aromatic carbocycles. The van der Waals surface area contributed by atoms with Gasteiger partial charge in [0.15, 0.2) is 0 Å². The van der Waals surface area contributed by atoms with E-state index in [0.717, 1.165) is 11.8 Å². The first kappa shape index (κ1) is 14.4. The van der Waals surface area contributed by atoms with Gasteiger partial charge in [-0.2, -0.15) is 5.26 Å². The van der Waals surface area contributed by atoms with Crippen molar-refractivity contribution in [1.82, 2.24) is 0 Å². The molecule has 0 bridgehead atoms. The van der Waals surface area contributed by atoms with E-state index in [2.05, 4.69) is 6.07 Å². The highest BCUT2D eigenvalue weighted by Gasteiger charge is 2.46. The van der Waals surface area contributed by atoms with Gasteiger partial charge in [-0.1, -0.05) is 38.5 Å². The third-order valence-corrected chi connectivity index (χ3v) is 6.93. The lowest BCUT2D eigenvalue weighted by Gasteiger charge is -2.52. The van der Waals surface area contributed by atoms with Crippen LogP contribution in [0.3, 0.4) is 0 Å². The molecular formula is C19H31N. The predicted octanol–water partition coefficient (Wildman–Crippen LogP) is 5.85. The highest BCUT2D eigenvalue weighted by Crippen LogP contribution is 2.56. The van der Waals surface area contributed by atoms with Crippen LogP contribution < -0.4 is 0 Å². The summed E-state index contributed by atoms with van der Waals surface area (Å²) in [6, 6.07) is 2.52. The van der Waals surface area contributed by atoms with Gasteiger partial charge in [-0.05, 0) is 68.6 Å². The Balaban J connectivity index is 1.73. The van der Waals surface area contributed by atoms with Crippen molar-refractivity contribution < 1.29 is 0 Å². The summed E-state index contributed by atoms with van der Waals surface area (Å²) in [5.41, 5.74) is 0.694. The molecule has 20 heavy (non-hydrogen) atoms. The molecule has 0 saturated heterocycles. The molecule has 3 aliphatic rings. The third kappa shape index (κ3) is 2.76. The van der Waals surface area contributed by atoms with E-state index >= 15 is 0 Å². The fourth-order valence-electron chi connectivity index (χ4n) is 5.83. The van der Waals surface area contributed by atoms with Gasteiger partial charge in [-0.25, -0.2) is 0 Å². The first-order chi connectivity index (χ1) is 9.85. The maximum absolute atomic E-state index is 9.15. The second kappa shape index (κ2) is 6.50. The van der Waals surface area contributed by atoms with E-state index in [4.69, 9.17) is 5.26 Å². The second-order valence-electron chi connectivity index (χ2n) is 7.81. The molecule has 0 heterocycles. The Labute approximate surface area is 125 Å². The topological polar surface area (TPSA) is 23.8 Å². The molecule has 0 aromatic rings. The molecule has 0 spiro atoms. The van der Waals surface area contributed by atoms with Crippen molar-refractivity contribution in [3.05, 3.63) is 0 Å². The number of hydrogen-bond donors (Lipinski definition) is 0. The largest absolute Gasteiger partial charge is 0.198 e. The average Bonchev–Trinajstić information content (AvgIpc) is 2.56. The number of hydrogen-bond acceptors (Lipinski definition) is 1. The van der Waals surface area contributed by atoms with Crippen molar-refractivity contribution in [2.75, 3.05) is 0 Å². The fourth-order valence-corrected chi connectivity index (χ4v) is 5.83. The highest BCUT2D eigenvalue weighted by atomic mass is 14.5. The molecule has 3 saturated carbocycles. The third-order valence-electron chi connectivity index (χ3n) is 6.93. The van der Waals surface area contributed by atoms with Gasteiger partial charge in [0.1, 0.15) is 0 Å². The van der Waals surface area contributed by atoms with Crippen LogP contribution in [0.1, 0.15) is 89.9 Å². The second-order valence-corrected chi connectivity index (χ2v) is 7.81. The van der Waals surface area contributed by atoms with Crippen LogP contribution in [0.2, 0.25) is 0 Å². The zero-order chi connectivity index (χ0) is 13.8. The van der Waals surface area contributed by atoms with E-state index in [-0.39, 0.29) is 0 Å². The number of nitrogens with zero attached hydrogens (tertiary/aromatic N) is 1. The van der Waals surface area contributed by atoms with E-state index in [1.54, 1.807) is 0 Å². The molecule has 3 fully saturated rings. The van der Waals surface area contributed by atoms with Crippen LogP contribution in [0.25, 0.3) is 0 Å². The molecular weight excluding hydrogens is 242 g/mol. The minimum atomic E-state index is 0.373. The molecule has 1 heteroatoms. The summed E-state index contributed by atoms with van der Waals surface area (Å²) in [5.74, 6) is 2.36. The predicted molar refractivity (Wildman–Crippen MR) is 83.2 cm³/mol. The van der Waals surface area contributed by atoms with E-state index < -0.39 is 0 Å². The summed E-state index contributed by atoms with van der Waals surface area (Å²) in [7, 11) is 0. The standard InChI is InChI=1S/C19H31N/c20-15-16-9-11-18(12-10-16)19(13-5-2-6-14-19)17-7-3-1-4-8-17/h16-18H,1-14H2/t16-,18-. The van der Waals surface area contributed by atoms with Crippen molar-refractivity contribution in [2.24, 2.45) is 23.2 Å². The van der Waals surface area contributed by atoms with Crippen LogP contribution in [-0.2, 0) is 0 Å². The Hall–Kier alpha value is -0.510. The summed E-state index contributed by atoms with van der Waals surface area (Å²) < 4.78 is 0. The molecule has 0 radical (unpaired) electrons. The molecule has 0 amide bonds. The minimum Gasteiger partial charge on any atom is -0.198 e. The molecule has 0 N–H and O–H groups in total. The number of nitriles is 1. The van der Waals surface area contributed by atoms with Crippen LogP contribution in [0.4, 0.5) is 0 Å². The van der Waals surface area contributed by atoms with E-state index in [1.165, 1.54) is 89.9 Å². The summed E-state index contributed by atoms with van der Waals surface area (Å²) in [4.78, 5) is 0.